The molecule has 0 unspecified atom stereocenters. The number of amides is 1. The summed E-state index contributed by atoms with van der Waals surface area (Å²) in [6.45, 7) is 1.96. The number of ether oxygens (including phenoxy) is 1. The van der Waals surface area contributed by atoms with Crippen LogP contribution < -0.4 is 10.1 Å². The van der Waals surface area contributed by atoms with E-state index in [4.69, 9.17) is 21.3 Å². The molecule has 0 spiro atoms. The molecule has 1 heterocycles. The molecule has 0 aliphatic heterocycles. The molecule has 3 aromatic carbocycles. The van der Waals surface area contributed by atoms with Crippen molar-refractivity contribution in [1.82, 2.24) is 4.98 Å². The maximum Gasteiger partial charge on any atom is 0.259 e. The number of anilines is 1. The highest BCUT2D eigenvalue weighted by molar-refractivity contribution is 7.21. The molecule has 0 radical (unpaired) electrons. The zero-order valence-corrected chi connectivity index (χ0v) is 16.9. The van der Waals surface area contributed by atoms with E-state index in [1.807, 2.05) is 43.3 Å². The first-order valence-corrected chi connectivity index (χ1v) is 9.86. The lowest BCUT2D eigenvalue weighted by atomic mass is 10.1. The van der Waals surface area contributed by atoms with Gasteiger partial charge in [-0.1, -0.05) is 23.7 Å². The van der Waals surface area contributed by atoms with E-state index >= 15 is 0 Å². The topological polar surface area (TPSA) is 51.2 Å². The summed E-state index contributed by atoms with van der Waals surface area (Å²) in [7, 11) is 1.53. The molecule has 0 atom stereocenters. The number of aryl methyl sites for hydroxylation is 1. The Balaban J connectivity index is 1.61. The number of fused-ring (bicyclic) bond motifs is 1. The Hall–Kier alpha value is -2.89. The Kier molecular flexibility index (Phi) is 5.03. The molecule has 1 N–H and O–H groups in total. The molecule has 28 heavy (non-hydrogen) atoms. The van der Waals surface area contributed by atoms with Gasteiger partial charge in [0.15, 0.2) is 0 Å². The van der Waals surface area contributed by atoms with Crippen molar-refractivity contribution in [1.29, 1.82) is 0 Å². The summed E-state index contributed by atoms with van der Waals surface area (Å²) in [6.07, 6.45) is 0. The lowest BCUT2D eigenvalue weighted by molar-refractivity contribution is 0.102. The van der Waals surface area contributed by atoms with Crippen LogP contribution in [0.4, 0.5) is 5.69 Å². The number of nitrogens with zero attached hydrogens (tertiary/aromatic N) is 1. The van der Waals surface area contributed by atoms with Gasteiger partial charge in [-0.25, -0.2) is 4.98 Å². The highest BCUT2D eigenvalue weighted by atomic mass is 35.5. The molecule has 0 saturated carbocycles. The second-order valence-electron chi connectivity index (χ2n) is 6.32. The third-order valence-corrected chi connectivity index (χ3v) is 5.74. The summed E-state index contributed by atoms with van der Waals surface area (Å²) in [6, 6.07) is 18.9. The Morgan fingerprint density at radius 2 is 1.93 bits per heavy atom. The average molecular weight is 409 g/mol. The van der Waals surface area contributed by atoms with Crippen LogP contribution in [-0.2, 0) is 0 Å². The molecule has 0 fully saturated rings. The predicted molar refractivity (Wildman–Crippen MR) is 116 cm³/mol. The molecule has 1 amide bonds. The number of thiazole rings is 1. The first-order chi connectivity index (χ1) is 13.5. The number of aromatic nitrogens is 1. The van der Waals surface area contributed by atoms with Crippen LogP contribution in [-0.4, -0.2) is 18.0 Å². The lowest BCUT2D eigenvalue weighted by Crippen LogP contribution is -2.14. The van der Waals surface area contributed by atoms with Crippen LogP contribution >= 0.6 is 22.9 Å². The average Bonchev–Trinajstić information content (AvgIpc) is 3.13. The van der Waals surface area contributed by atoms with Gasteiger partial charge in [0.1, 0.15) is 10.8 Å². The number of carbonyl (C=O) groups excluding carboxylic acids is 1. The maximum absolute atomic E-state index is 12.7. The molecule has 0 aliphatic carbocycles. The normalized spacial score (nSPS) is 10.8. The fourth-order valence-electron chi connectivity index (χ4n) is 2.98. The van der Waals surface area contributed by atoms with Crippen LogP contribution in [0.25, 0.3) is 20.8 Å². The SMILES string of the molecule is COc1ccc(Cl)cc1C(=O)Nc1ccc(-c2nc3ccccc3s2)cc1C. The van der Waals surface area contributed by atoms with Gasteiger partial charge in [0.2, 0.25) is 0 Å². The number of methoxy groups -OCH3 is 1. The van der Waals surface area contributed by atoms with E-state index in [2.05, 4.69) is 11.4 Å². The number of rotatable bonds is 4. The summed E-state index contributed by atoms with van der Waals surface area (Å²) in [5.41, 5.74) is 4.09. The third kappa shape index (κ3) is 3.59. The summed E-state index contributed by atoms with van der Waals surface area (Å²) < 4.78 is 6.42. The van der Waals surface area contributed by atoms with Gasteiger partial charge in [-0.3, -0.25) is 4.79 Å². The van der Waals surface area contributed by atoms with Crippen molar-refractivity contribution in [2.45, 2.75) is 6.92 Å². The Labute approximate surface area is 171 Å². The number of carbonyl (C=O) groups is 1. The molecular weight excluding hydrogens is 392 g/mol. The van der Waals surface area contributed by atoms with Crippen molar-refractivity contribution in [2.75, 3.05) is 12.4 Å². The molecule has 0 saturated heterocycles. The standard InChI is InChI=1S/C22H17ClN2O2S/c1-13-11-14(22-25-18-5-3-4-6-20(18)28-22)7-9-17(13)24-21(26)16-12-15(23)8-10-19(16)27-2/h3-12H,1-2H3,(H,24,26). The minimum Gasteiger partial charge on any atom is -0.496 e. The molecule has 140 valence electrons. The molecule has 4 aromatic rings. The quantitative estimate of drug-likeness (QED) is 0.438. The van der Waals surface area contributed by atoms with E-state index in [0.717, 1.165) is 32.0 Å². The van der Waals surface area contributed by atoms with Gasteiger partial charge in [0.05, 0.1) is 22.9 Å². The molecule has 4 nitrogen and oxygen atoms in total. The smallest absolute Gasteiger partial charge is 0.259 e. The number of para-hydroxylation sites is 1. The summed E-state index contributed by atoms with van der Waals surface area (Å²) in [5, 5.41) is 4.38. The summed E-state index contributed by atoms with van der Waals surface area (Å²) >= 11 is 7.69. The molecule has 0 bridgehead atoms. The highest BCUT2D eigenvalue weighted by Crippen LogP contribution is 2.32. The zero-order valence-electron chi connectivity index (χ0n) is 15.3. The number of hydrogen-bond acceptors (Lipinski definition) is 4. The van der Waals surface area contributed by atoms with E-state index < -0.39 is 0 Å². The van der Waals surface area contributed by atoms with Crippen molar-refractivity contribution in [2.24, 2.45) is 0 Å². The Morgan fingerprint density at radius 3 is 2.68 bits per heavy atom. The Morgan fingerprint density at radius 1 is 1.11 bits per heavy atom. The predicted octanol–water partition coefficient (Wildman–Crippen LogP) is 6.19. The number of halogens is 1. The van der Waals surface area contributed by atoms with Gasteiger partial charge in [0.25, 0.3) is 5.91 Å². The van der Waals surface area contributed by atoms with Crippen molar-refractivity contribution >= 4 is 44.7 Å². The van der Waals surface area contributed by atoms with Crippen molar-refractivity contribution in [3.8, 4) is 16.3 Å². The largest absolute Gasteiger partial charge is 0.496 e. The van der Waals surface area contributed by atoms with E-state index in [9.17, 15) is 4.79 Å². The fraction of sp³-hybridized carbons (Fsp3) is 0.0909. The first kappa shape index (κ1) is 18.5. The maximum atomic E-state index is 12.7. The molecule has 0 aliphatic rings. The number of benzene rings is 3. The minimum atomic E-state index is -0.268. The van der Waals surface area contributed by atoms with Crippen molar-refractivity contribution < 1.29 is 9.53 Å². The van der Waals surface area contributed by atoms with E-state index in [1.165, 1.54) is 7.11 Å². The molecular formula is C22H17ClN2O2S. The van der Waals surface area contributed by atoms with Crippen LogP contribution in [0.15, 0.2) is 60.7 Å². The van der Waals surface area contributed by atoms with Gasteiger partial charge >= 0.3 is 0 Å². The Bertz CT molecular complexity index is 1150. The van der Waals surface area contributed by atoms with Gasteiger partial charge < -0.3 is 10.1 Å². The molecule has 6 heteroatoms. The fourth-order valence-corrected chi connectivity index (χ4v) is 4.11. The number of hydrogen-bond donors (Lipinski definition) is 1. The summed E-state index contributed by atoms with van der Waals surface area (Å²) in [4.78, 5) is 17.4. The zero-order chi connectivity index (χ0) is 19.7. The van der Waals surface area contributed by atoms with Gasteiger partial charge in [-0.05, 0) is 61.0 Å². The molecule has 1 aromatic heterocycles. The van der Waals surface area contributed by atoms with E-state index in [-0.39, 0.29) is 5.91 Å². The minimum absolute atomic E-state index is 0.268. The van der Waals surface area contributed by atoms with Gasteiger partial charge in [-0.2, -0.15) is 0 Å². The van der Waals surface area contributed by atoms with Crippen LogP contribution in [0.5, 0.6) is 5.75 Å². The van der Waals surface area contributed by atoms with Crippen LogP contribution in [0.2, 0.25) is 5.02 Å². The number of nitrogens with one attached hydrogen (secondary N) is 1. The highest BCUT2D eigenvalue weighted by Gasteiger charge is 2.15. The van der Waals surface area contributed by atoms with Crippen LogP contribution in [0.3, 0.4) is 0 Å². The third-order valence-electron chi connectivity index (χ3n) is 4.42. The van der Waals surface area contributed by atoms with Gasteiger partial charge in [-0.15, -0.1) is 11.3 Å². The van der Waals surface area contributed by atoms with E-state index in [0.29, 0.717) is 16.3 Å². The van der Waals surface area contributed by atoms with Crippen molar-refractivity contribution in [3.63, 3.8) is 0 Å². The monoisotopic (exact) mass is 408 g/mol. The van der Waals surface area contributed by atoms with Crippen molar-refractivity contribution in [3.05, 3.63) is 76.8 Å². The second-order valence-corrected chi connectivity index (χ2v) is 7.78. The van der Waals surface area contributed by atoms with Crippen LogP contribution in [0, 0.1) is 6.92 Å². The summed E-state index contributed by atoms with van der Waals surface area (Å²) in [5.74, 6) is 0.209. The molecule has 4 rings (SSSR count). The lowest BCUT2D eigenvalue weighted by Gasteiger charge is -2.12. The van der Waals surface area contributed by atoms with E-state index in [1.54, 1.807) is 29.5 Å². The first-order valence-electron chi connectivity index (χ1n) is 8.66. The second kappa shape index (κ2) is 7.62. The van der Waals surface area contributed by atoms with Crippen LogP contribution in [0.1, 0.15) is 15.9 Å². The van der Waals surface area contributed by atoms with Gasteiger partial charge in [0, 0.05) is 16.3 Å².